The first-order valence-electron chi connectivity index (χ1n) is 6.43. The van der Waals surface area contributed by atoms with E-state index < -0.39 is 5.97 Å². The molecule has 1 N–H and O–H groups in total. The average Bonchev–Trinajstić information content (AvgIpc) is 2.47. The maximum absolute atomic E-state index is 12.2. The maximum atomic E-state index is 12.2. The van der Waals surface area contributed by atoms with E-state index in [1.807, 2.05) is 31.2 Å². The summed E-state index contributed by atoms with van der Waals surface area (Å²) in [6.07, 6.45) is 0. The topological polar surface area (TPSA) is 67.5 Å². The van der Waals surface area contributed by atoms with E-state index in [4.69, 9.17) is 4.42 Å². The summed E-state index contributed by atoms with van der Waals surface area (Å²) in [6, 6.07) is 13.4. The molecule has 0 saturated carbocycles. The number of aromatic carboxylic acids is 1. The second-order valence-corrected chi connectivity index (χ2v) is 4.83. The van der Waals surface area contributed by atoms with Gasteiger partial charge < -0.3 is 9.52 Å². The molecule has 4 heteroatoms. The second-order valence-electron chi connectivity index (χ2n) is 4.83. The number of hydrogen-bond donors (Lipinski definition) is 1. The van der Waals surface area contributed by atoms with Gasteiger partial charge in [-0.25, -0.2) is 4.79 Å². The molecule has 0 aliphatic rings. The Bertz CT molecular complexity index is 889. The van der Waals surface area contributed by atoms with Crippen molar-refractivity contribution in [2.75, 3.05) is 0 Å². The van der Waals surface area contributed by atoms with Gasteiger partial charge in [0.2, 0.25) is 0 Å². The Labute approximate surface area is 120 Å². The van der Waals surface area contributed by atoms with E-state index in [2.05, 4.69) is 0 Å². The van der Waals surface area contributed by atoms with Gasteiger partial charge in [-0.05, 0) is 19.1 Å². The first-order chi connectivity index (χ1) is 10.1. The zero-order chi connectivity index (χ0) is 15.0. The van der Waals surface area contributed by atoms with Gasteiger partial charge in [-0.3, -0.25) is 4.79 Å². The predicted molar refractivity (Wildman–Crippen MR) is 79.6 cm³/mol. The zero-order valence-electron chi connectivity index (χ0n) is 11.3. The van der Waals surface area contributed by atoms with Crippen molar-refractivity contribution in [1.82, 2.24) is 0 Å². The molecule has 0 radical (unpaired) electrons. The number of carboxylic acid groups (broad SMARTS) is 1. The van der Waals surface area contributed by atoms with Crippen molar-refractivity contribution in [3.8, 4) is 11.3 Å². The van der Waals surface area contributed by atoms with E-state index in [1.54, 1.807) is 6.07 Å². The van der Waals surface area contributed by atoms with E-state index in [0.717, 1.165) is 11.1 Å². The van der Waals surface area contributed by atoms with Crippen LogP contribution in [0.4, 0.5) is 0 Å². The quantitative estimate of drug-likeness (QED) is 0.780. The normalized spacial score (nSPS) is 10.7. The summed E-state index contributed by atoms with van der Waals surface area (Å²) in [5, 5.41) is 9.48. The molecule has 0 aliphatic heterocycles. The van der Waals surface area contributed by atoms with Gasteiger partial charge in [-0.15, -0.1) is 0 Å². The van der Waals surface area contributed by atoms with Crippen LogP contribution in [0.15, 0.2) is 57.7 Å². The number of para-hydroxylation sites is 1. The Kier molecular flexibility index (Phi) is 3.06. The van der Waals surface area contributed by atoms with E-state index in [9.17, 15) is 14.7 Å². The summed E-state index contributed by atoms with van der Waals surface area (Å²) in [5.41, 5.74) is 1.66. The molecule has 0 spiro atoms. The summed E-state index contributed by atoms with van der Waals surface area (Å²) in [7, 11) is 0. The Morgan fingerprint density at radius 2 is 1.81 bits per heavy atom. The molecule has 1 heterocycles. The second kappa shape index (κ2) is 4.90. The third kappa shape index (κ3) is 2.31. The molecule has 0 amide bonds. The molecular weight excluding hydrogens is 268 g/mol. The van der Waals surface area contributed by atoms with Crippen molar-refractivity contribution in [1.29, 1.82) is 0 Å². The van der Waals surface area contributed by atoms with E-state index >= 15 is 0 Å². The van der Waals surface area contributed by atoms with Crippen molar-refractivity contribution < 1.29 is 14.3 Å². The van der Waals surface area contributed by atoms with Crippen molar-refractivity contribution in [3.05, 3.63) is 69.9 Å². The summed E-state index contributed by atoms with van der Waals surface area (Å²) in [6.45, 7) is 1.96. The highest BCUT2D eigenvalue weighted by Crippen LogP contribution is 2.24. The van der Waals surface area contributed by atoms with Gasteiger partial charge >= 0.3 is 5.97 Å². The lowest BCUT2D eigenvalue weighted by atomic mass is 10.1. The van der Waals surface area contributed by atoms with Crippen LogP contribution in [0.5, 0.6) is 0 Å². The smallest absolute Gasteiger partial charge is 0.339 e. The van der Waals surface area contributed by atoms with Gasteiger partial charge in [-0.1, -0.05) is 35.9 Å². The van der Waals surface area contributed by atoms with Crippen LogP contribution in [0, 0.1) is 6.92 Å². The minimum Gasteiger partial charge on any atom is -0.478 e. The Balaban J connectivity index is 2.31. The van der Waals surface area contributed by atoms with Gasteiger partial charge in [-0.2, -0.15) is 0 Å². The van der Waals surface area contributed by atoms with Crippen LogP contribution in [0.25, 0.3) is 22.3 Å². The van der Waals surface area contributed by atoms with Gasteiger partial charge in [0.1, 0.15) is 11.3 Å². The van der Waals surface area contributed by atoms with Crippen molar-refractivity contribution in [2.45, 2.75) is 6.92 Å². The van der Waals surface area contributed by atoms with E-state index in [0.29, 0.717) is 5.76 Å². The minimum atomic E-state index is -1.12. The van der Waals surface area contributed by atoms with E-state index in [1.165, 1.54) is 18.2 Å². The molecule has 104 valence electrons. The van der Waals surface area contributed by atoms with Gasteiger partial charge in [0.05, 0.1) is 5.39 Å². The Morgan fingerprint density at radius 1 is 1.10 bits per heavy atom. The number of carboxylic acids is 1. The van der Waals surface area contributed by atoms with Crippen LogP contribution in [-0.2, 0) is 0 Å². The van der Waals surface area contributed by atoms with E-state index in [-0.39, 0.29) is 22.0 Å². The number of aryl methyl sites for hydroxylation is 1. The largest absolute Gasteiger partial charge is 0.478 e. The lowest BCUT2D eigenvalue weighted by Gasteiger charge is -2.05. The molecule has 2 aromatic carbocycles. The lowest BCUT2D eigenvalue weighted by molar-refractivity contribution is 0.0698. The lowest BCUT2D eigenvalue weighted by Crippen LogP contribution is -2.04. The number of carbonyl (C=O) groups is 1. The standard InChI is InChI=1S/C17H12O4/c1-10-5-7-11(8-6-10)15-9-14(18)12-3-2-4-13(17(19)20)16(12)21-15/h2-9H,1H3,(H,19,20). The molecule has 0 bridgehead atoms. The fourth-order valence-electron chi connectivity index (χ4n) is 2.21. The van der Waals surface area contributed by atoms with Crippen LogP contribution in [0.2, 0.25) is 0 Å². The van der Waals surface area contributed by atoms with Crippen molar-refractivity contribution >= 4 is 16.9 Å². The highest BCUT2D eigenvalue weighted by atomic mass is 16.4. The third-order valence-electron chi connectivity index (χ3n) is 3.32. The minimum absolute atomic E-state index is 0.0152. The molecule has 3 rings (SSSR count). The van der Waals surface area contributed by atoms with Gasteiger partial charge in [0, 0.05) is 11.6 Å². The maximum Gasteiger partial charge on any atom is 0.339 e. The number of hydrogen-bond acceptors (Lipinski definition) is 3. The summed E-state index contributed by atoms with van der Waals surface area (Å²) in [5.74, 6) is -0.758. The molecule has 4 nitrogen and oxygen atoms in total. The number of rotatable bonds is 2. The summed E-state index contributed by atoms with van der Waals surface area (Å²) < 4.78 is 5.68. The first kappa shape index (κ1) is 13.1. The molecular formula is C17H12O4. The Morgan fingerprint density at radius 3 is 2.48 bits per heavy atom. The molecule has 0 atom stereocenters. The fourth-order valence-corrected chi connectivity index (χ4v) is 2.21. The van der Waals surface area contributed by atoms with Crippen LogP contribution in [0.3, 0.4) is 0 Å². The number of fused-ring (bicyclic) bond motifs is 1. The highest BCUT2D eigenvalue weighted by molar-refractivity contribution is 6.01. The number of benzene rings is 2. The van der Waals surface area contributed by atoms with Crippen molar-refractivity contribution in [3.63, 3.8) is 0 Å². The van der Waals surface area contributed by atoms with Crippen molar-refractivity contribution in [2.24, 2.45) is 0 Å². The fraction of sp³-hybridized carbons (Fsp3) is 0.0588. The Hall–Kier alpha value is -2.88. The zero-order valence-corrected chi connectivity index (χ0v) is 11.3. The molecule has 21 heavy (non-hydrogen) atoms. The monoisotopic (exact) mass is 280 g/mol. The molecule has 1 aromatic heterocycles. The summed E-state index contributed by atoms with van der Waals surface area (Å²) >= 11 is 0. The summed E-state index contributed by atoms with van der Waals surface area (Å²) in [4.78, 5) is 23.4. The van der Waals surface area contributed by atoms with Crippen LogP contribution in [-0.4, -0.2) is 11.1 Å². The molecule has 0 aliphatic carbocycles. The molecule has 3 aromatic rings. The van der Waals surface area contributed by atoms with Gasteiger partial charge in [0.15, 0.2) is 11.0 Å². The SMILES string of the molecule is Cc1ccc(-c2cc(=O)c3cccc(C(=O)O)c3o2)cc1. The predicted octanol–water partition coefficient (Wildman–Crippen LogP) is 3.47. The molecule has 0 fully saturated rings. The molecule has 0 saturated heterocycles. The van der Waals surface area contributed by atoms with Crippen LogP contribution < -0.4 is 5.43 Å². The van der Waals surface area contributed by atoms with Crippen LogP contribution in [0.1, 0.15) is 15.9 Å². The third-order valence-corrected chi connectivity index (χ3v) is 3.32. The average molecular weight is 280 g/mol. The molecule has 0 unspecified atom stereocenters. The van der Waals surface area contributed by atoms with Crippen LogP contribution >= 0.6 is 0 Å². The first-order valence-corrected chi connectivity index (χ1v) is 6.43. The highest BCUT2D eigenvalue weighted by Gasteiger charge is 2.14. The van der Waals surface area contributed by atoms with Gasteiger partial charge in [0.25, 0.3) is 0 Å².